The first-order chi connectivity index (χ1) is 12.1. The molecule has 0 saturated carbocycles. The van der Waals surface area contributed by atoms with Crippen LogP contribution in [0.2, 0.25) is 0 Å². The summed E-state index contributed by atoms with van der Waals surface area (Å²) in [6.45, 7) is 0. The van der Waals surface area contributed by atoms with Gasteiger partial charge in [-0.15, -0.1) is 0 Å². The van der Waals surface area contributed by atoms with Gasteiger partial charge in [-0.3, -0.25) is 4.79 Å². The third-order valence-electron chi connectivity index (χ3n) is 4.23. The summed E-state index contributed by atoms with van der Waals surface area (Å²) >= 11 is 0. The van der Waals surface area contributed by atoms with E-state index < -0.39 is 6.04 Å². The van der Waals surface area contributed by atoms with Crippen LogP contribution in [0.4, 0.5) is 0 Å². The van der Waals surface area contributed by atoms with Gasteiger partial charge in [-0.25, -0.2) is 0 Å². The number of amides is 1. The van der Waals surface area contributed by atoms with Crippen LogP contribution < -0.4 is 19.5 Å². The number of carbonyl (C=O) groups excluding carboxylic acids is 1. The number of carbonyl (C=O) groups is 1. The van der Waals surface area contributed by atoms with Gasteiger partial charge in [-0.1, -0.05) is 11.6 Å². The maximum atomic E-state index is 12.3. The maximum Gasteiger partial charge on any atom is 0.225 e. The van der Waals surface area contributed by atoms with Crippen molar-refractivity contribution in [3.8, 4) is 23.3 Å². The maximum absolute atomic E-state index is 12.3. The Labute approximate surface area is 148 Å². The predicted molar refractivity (Wildman–Crippen MR) is 93.8 cm³/mol. The first-order valence-electron chi connectivity index (χ1n) is 8.29. The minimum atomic E-state index is -0.787. The van der Waals surface area contributed by atoms with E-state index in [2.05, 4.69) is 17.5 Å². The molecule has 0 spiro atoms. The van der Waals surface area contributed by atoms with E-state index >= 15 is 0 Å². The number of nitrogens with one attached hydrogen (secondary N) is 1. The van der Waals surface area contributed by atoms with Crippen molar-refractivity contribution in [2.24, 2.45) is 0 Å². The van der Waals surface area contributed by atoms with Gasteiger partial charge in [0.1, 0.15) is 6.04 Å². The van der Waals surface area contributed by atoms with E-state index in [0.29, 0.717) is 29.2 Å². The highest BCUT2D eigenvalue weighted by molar-refractivity contribution is 5.79. The molecule has 134 valence electrons. The average Bonchev–Trinajstić information content (AvgIpc) is 2.65. The van der Waals surface area contributed by atoms with Gasteiger partial charge in [0.05, 0.1) is 27.4 Å². The Kier molecular flexibility index (Phi) is 6.70. The Hall–Kier alpha value is -2.68. The predicted octanol–water partition coefficient (Wildman–Crippen LogP) is 3.28. The van der Waals surface area contributed by atoms with Crippen molar-refractivity contribution in [2.45, 2.75) is 38.1 Å². The molecule has 0 heterocycles. The summed E-state index contributed by atoms with van der Waals surface area (Å²) in [7, 11) is 4.54. The fraction of sp³-hybridized carbons (Fsp3) is 0.474. The van der Waals surface area contributed by atoms with Gasteiger partial charge in [0.15, 0.2) is 11.5 Å². The van der Waals surface area contributed by atoms with E-state index in [1.165, 1.54) is 27.8 Å². The number of hydrogen-bond donors (Lipinski definition) is 1. The van der Waals surface area contributed by atoms with E-state index in [1.807, 2.05) is 0 Å². The lowest BCUT2D eigenvalue weighted by atomic mass is 9.97. The van der Waals surface area contributed by atoms with Crippen molar-refractivity contribution >= 4 is 5.91 Å². The Balaban J connectivity index is 2.18. The van der Waals surface area contributed by atoms with Gasteiger partial charge in [-0.2, -0.15) is 5.26 Å². The number of allylic oxidation sites excluding steroid dienone is 1. The van der Waals surface area contributed by atoms with E-state index in [9.17, 15) is 10.1 Å². The molecule has 0 aliphatic heterocycles. The molecule has 0 aromatic heterocycles. The Morgan fingerprint density at radius 2 is 1.88 bits per heavy atom. The summed E-state index contributed by atoms with van der Waals surface area (Å²) in [4.78, 5) is 12.3. The summed E-state index contributed by atoms with van der Waals surface area (Å²) in [5.41, 5.74) is 1.73. The standard InChI is InChI=1S/C19H24N2O4/c1-23-16-10-14(11-17(24-2)19(16)25-3)15(12-20)21-18(22)9-13-7-5-4-6-8-13/h7,10-11,15H,4-6,8-9H2,1-3H3,(H,21,22)/t15-/m1/s1. The van der Waals surface area contributed by atoms with Gasteiger partial charge in [-0.05, 0) is 43.4 Å². The molecule has 6 heteroatoms. The van der Waals surface area contributed by atoms with Gasteiger partial charge in [0.2, 0.25) is 11.7 Å². The number of hydrogen-bond acceptors (Lipinski definition) is 5. The topological polar surface area (TPSA) is 80.6 Å². The highest BCUT2D eigenvalue weighted by atomic mass is 16.5. The minimum Gasteiger partial charge on any atom is -0.493 e. The molecule has 1 aliphatic rings. The smallest absolute Gasteiger partial charge is 0.225 e. The summed E-state index contributed by atoms with van der Waals surface area (Å²) in [6, 6.07) is 4.69. The summed E-state index contributed by atoms with van der Waals surface area (Å²) in [6.07, 6.45) is 6.74. The Morgan fingerprint density at radius 1 is 1.20 bits per heavy atom. The van der Waals surface area contributed by atoms with Crippen LogP contribution in [-0.4, -0.2) is 27.2 Å². The summed E-state index contributed by atoms with van der Waals surface area (Å²) in [5.74, 6) is 1.18. The van der Waals surface area contributed by atoms with Crippen LogP contribution in [0.15, 0.2) is 23.8 Å². The molecule has 0 radical (unpaired) electrons. The zero-order valence-corrected chi connectivity index (χ0v) is 14.9. The van der Waals surface area contributed by atoms with Crippen LogP contribution in [0.5, 0.6) is 17.2 Å². The Morgan fingerprint density at radius 3 is 2.36 bits per heavy atom. The molecule has 2 rings (SSSR count). The van der Waals surface area contributed by atoms with Gasteiger partial charge in [0, 0.05) is 6.42 Å². The monoisotopic (exact) mass is 344 g/mol. The molecular formula is C19H24N2O4. The van der Waals surface area contributed by atoms with E-state index in [-0.39, 0.29) is 5.91 Å². The van der Waals surface area contributed by atoms with Crippen molar-refractivity contribution in [3.63, 3.8) is 0 Å². The number of nitriles is 1. The van der Waals surface area contributed by atoms with Gasteiger partial charge in [0.25, 0.3) is 0 Å². The van der Waals surface area contributed by atoms with Crippen LogP contribution in [0.25, 0.3) is 0 Å². The molecule has 1 aromatic carbocycles. The number of ether oxygens (including phenoxy) is 3. The molecule has 1 aliphatic carbocycles. The third kappa shape index (κ3) is 4.66. The summed E-state index contributed by atoms with van der Waals surface area (Å²) < 4.78 is 15.9. The van der Waals surface area contributed by atoms with Gasteiger partial charge < -0.3 is 19.5 Å². The molecule has 0 bridgehead atoms. The van der Waals surface area contributed by atoms with Crippen LogP contribution in [0, 0.1) is 11.3 Å². The fourth-order valence-electron chi connectivity index (χ4n) is 2.94. The first-order valence-corrected chi connectivity index (χ1v) is 8.29. The largest absolute Gasteiger partial charge is 0.493 e. The third-order valence-corrected chi connectivity index (χ3v) is 4.23. The van der Waals surface area contributed by atoms with Crippen molar-refractivity contribution in [1.29, 1.82) is 5.26 Å². The van der Waals surface area contributed by atoms with Crippen LogP contribution in [0.3, 0.4) is 0 Å². The molecule has 1 atom stereocenters. The molecule has 25 heavy (non-hydrogen) atoms. The second-order valence-corrected chi connectivity index (χ2v) is 5.87. The second-order valence-electron chi connectivity index (χ2n) is 5.87. The number of nitrogens with zero attached hydrogens (tertiary/aromatic N) is 1. The number of methoxy groups -OCH3 is 3. The van der Waals surface area contributed by atoms with E-state index in [4.69, 9.17) is 14.2 Å². The quantitative estimate of drug-likeness (QED) is 0.768. The molecule has 0 saturated heterocycles. The molecular weight excluding hydrogens is 320 g/mol. The lowest BCUT2D eigenvalue weighted by Gasteiger charge is -2.18. The molecule has 1 aromatic rings. The van der Waals surface area contributed by atoms with Crippen LogP contribution in [-0.2, 0) is 4.79 Å². The molecule has 0 fully saturated rings. The van der Waals surface area contributed by atoms with Gasteiger partial charge >= 0.3 is 0 Å². The highest BCUT2D eigenvalue weighted by Crippen LogP contribution is 2.39. The average molecular weight is 344 g/mol. The summed E-state index contributed by atoms with van der Waals surface area (Å²) in [5, 5.41) is 12.3. The minimum absolute atomic E-state index is 0.159. The van der Waals surface area contributed by atoms with E-state index in [1.54, 1.807) is 12.1 Å². The number of benzene rings is 1. The zero-order chi connectivity index (χ0) is 18.2. The normalized spacial score (nSPS) is 14.7. The van der Waals surface area contributed by atoms with Crippen molar-refractivity contribution < 1.29 is 19.0 Å². The lowest BCUT2D eigenvalue weighted by Crippen LogP contribution is -2.28. The molecule has 1 N–H and O–H groups in total. The highest BCUT2D eigenvalue weighted by Gasteiger charge is 2.20. The van der Waals surface area contributed by atoms with E-state index in [0.717, 1.165) is 24.8 Å². The van der Waals surface area contributed by atoms with Crippen LogP contribution in [0.1, 0.15) is 43.7 Å². The molecule has 0 unspecified atom stereocenters. The van der Waals surface area contributed by atoms with Crippen molar-refractivity contribution in [2.75, 3.05) is 21.3 Å². The first kappa shape index (κ1) is 18.7. The van der Waals surface area contributed by atoms with Crippen molar-refractivity contribution in [3.05, 3.63) is 29.3 Å². The lowest BCUT2D eigenvalue weighted by molar-refractivity contribution is -0.120. The SMILES string of the molecule is COc1cc([C@@H](C#N)NC(=O)CC2=CCCCC2)cc(OC)c1OC. The van der Waals surface area contributed by atoms with Crippen molar-refractivity contribution in [1.82, 2.24) is 5.32 Å². The Bertz CT molecular complexity index is 666. The molecule has 6 nitrogen and oxygen atoms in total. The second kappa shape index (κ2) is 8.97. The van der Waals surface area contributed by atoms with Crippen LogP contribution >= 0.6 is 0 Å². The fourth-order valence-corrected chi connectivity index (χ4v) is 2.94. The number of rotatable bonds is 7. The molecule has 1 amide bonds. The zero-order valence-electron chi connectivity index (χ0n) is 14.9.